The van der Waals surface area contributed by atoms with Crippen LogP contribution in [0.2, 0.25) is 0 Å². The molecule has 0 atom stereocenters. The summed E-state index contributed by atoms with van der Waals surface area (Å²) in [5.74, 6) is -1.02. The molecule has 0 aliphatic heterocycles. The Balaban J connectivity index is 1.61. The number of thiazole rings is 1. The highest BCUT2D eigenvalue weighted by Gasteiger charge is 2.40. The average Bonchev–Trinajstić information content (AvgIpc) is 3.05. The third kappa shape index (κ3) is 3.36. The third-order valence-corrected chi connectivity index (χ3v) is 5.76. The summed E-state index contributed by atoms with van der Waals surface area (Å²) in [6.07, 6.45) is 2.64. The number of carbonyl (C=O) groups excluding carboxylic acids is 1. The van der Waals surface area contributed by atoms with Gasteiger partial charge >= 0.3 is 5.97 Å². The third-order valence-electron chi connectivity index (χ3n) is 3.83. The van der Waals surface area contributed by atoms with E-state index in [2.05, 4.69) is 10.3 Å². The zero-order valence-electron chi connectivity index (χ0n) is 11.9. The Bertz CT molecular complexity index is 675. The summed E-state index contributed by atoms with van der Waals surface area (Å²) in [5.41, 5.74) is 0.186. The lowest BCUT2D eigenvalue weighted by molar-refractivity contribution is -0.140. The molecule has 2 N–H and O–H groups in total. The number of thiophene rings is 1. The molecule has 3 rings (SSSR count). The van der Waals surface area contributed by atoms with E-state index in [0.717, 1.165) is 34.8 Å². The minimum Gasteiger partial charge on any atom is -0.481 e. The molecular formula is C15H16N2O3S2. The lowest BCUT2D eigenvalue weighted by Crippen LogP contribution is -2.55. The number of hydrogen-bond acceptors (Lipinski definition) is 5. The zero-order valence-corrected chi connectivity index (χ0v) is 13.5. The number of carboxylic acids is 1. The van der Waals surface area contributed by atoms with Crippen molar-refractivity contribution in [1.82, 2.24) is 10.3 Å². The molecule has 2 aromatic heterocycles. The Labute approximate surface area is 136 Å². The summed E-state index contributed by atoms with van der Waals surface area (Å²) < 4.78 is 0. The van der Waals surface area contributed by atoms with Gasteiger partial charge in [-0.25, -0.2) is 4.98 Å². The Morgan fingerprint density at radius 1 is 1.36 bits per heavy atom. The Hall–Kier alpha value is -1.73. The lowest BCUT2D eigenvalue weighted by atomic mass is 9.74. The number of aliphatic carboxylic acids is 1. The summed E-state index contributed by atoms with van der Waals surface area (Å²) >= 11 is 3.14. The Kier molecular flexibility index (Phi) is 4.26. The van der Waals surface area contributed by atoms with Crippen LogP contribution in [-0.2, 0) is 16.0 Å². The van der Waals surface area contributed by atoms with Crippen molar-refractivity contribution in [3.05, 3.63) is 28.6 Å². The molecule has 0 radical (unpaired) electrons. The maximum atomic E-state index is 12.2. The van der Waals surface area contributed by atoms with Crippen LogP contribution in [-0.4, -0.2) is 27.5 Å². The second-order valence-corrected chi connectivity index (χ2v) is 7.36. The van der Waals surface area contributed by atoms with Gasteiger partial charge in [-0.05, 0) is 30.7 Å². The van der Waals surface area contributed by atoms with Crippen LogP contribution in [0.4, 0.5) is 0 Å². The van der Waals surface area contributed by atoms with E-state index < -0.39 is 11.5 Å². The first-order valence-electron chi connectivity index (χ1n) is 7.07. The van der Waals surface area contributed by atoms with Crippen LogP contribution in [0, 0.1) is 0 Å². The number of amides is 1. The number of rotatable bonds is 6. The number of carboxylic acid groups (broad SMARTS) is 1. The molecule has 1 amide bonds. The lowest BCUT2D eigenvalue weighted by Gasteiger charge is -2.41. The zero-order chi connectivity index (χ0) is 15.6. The van der Waals surface area contributed by atoms with Crippen molar-refractivity contribution in [2.24, 2.45) is 0 Å². The molecular weight excluding hydrogens is 320 g/mol. The SMILES string of the molecule is O=C(O)CC1(NC(=O)Cc2csc(-c3cccs3)n2)CCC1. The maximum Gasteiger partial charge on any atom is 0.305 e. The molecule has 0 spiro atoms. The van der Waals surface area contributed by atoms with Crippen molar-refractivity contribution in [2.45, 2.75) is 37.6 Å². The van der Waals surface area contributed by atoms with Gasteiger partial charge in [0.1, 0.15) is 5.01 Å². The normalized spacial score (nSPS) is 16.0. The number of hydrogen-bond donors (Lipinski definition) is 2. The van der Waals surface area contributed by atoms with Crippen LogP contribution in [0.15, 0.2) is 22.9 Å². The van der Waals surface area contributed by atoms with Gasteiger partial charge in [0.2, 0.25) is 5.91 Å². The molecule has 2 heterocycles. The summed E-state index contributed by atoms with van der Waals surface area (Å²) in [5, 5.41) is 16.7. The number of nitrogens with one attached hydrogen (secondary N) is 1. The van der Waals surface area contributed by atoms with Crippen LogP contribution >= 0.6 is 22.7 Å². The molecule has 1 aliphatic carbocycles. The topological polar surface area (TPSA) is 79.3 Å². The highest BCUT2D eigenvalue weighted by molar-refractivity contribution is 7.20. The average molecular weight is 336 g/mol. The van der Waals surface area contributed by atoms with Crippen molar-refractivity contribution < 1.29 is 14.7 Å². The molecule has 0 aromatic carbocycles. The van der Waals surface area contributed by atoms with Crippen molar-refractivity contribution in [2.75, 3.05) is 0 Å². The quantitative estimate of drug-likeness (QED) is 0.850. The van der Waals surface area contributed by atoms with Crippen molar-refractivity contribution in [3.63, 3.8) is 0 Å². The van der Waals surface area contributed by atoms with E-state index in [9.17, 15) is 9.59 Å². The largest absolute Gasteiger partial charge is 0.481 e. The molecule has 1 aliphatic rings. The van der Waals surface area contributed by atoms with Gasteiger partial charge in [0.15, 0.2) is 0 Å². The molecule has 116 valence electrons. The van der Waals surface area contributed by atoms with Gasteiger partial charge in [-0.3, -0.25) is 9.59 Å². The van der Waals surface area contributed by atoms with Crippen LogP contribution in [0.5, 0.6) is 0 Å². The van der Waals surface area contributed by atoms with E-state index in [4.69, 9.17) is 5.11 Å². The van der Waals surface area contributed by atoms with Crippen molar-refractivity contribution in [1.29, 1.82) is 0 Å². The minimum atomic E-state index is -0.867. The van der Waals surface area contributed by atoms with E-state index >= 15 is 0 Å². The summed E-state index contributed by atoms with van der Waals surface area (Å²) in [6, 6.07) is 3.98. The van der Waals surface area contributed by atoms with Gasteiger partial charge in [-0.2, -0.15) is 0 Å². The summed E-state index contributed by atoms with van der Waals surface area (Å²) in [4.78, 5) is 28.7. The monoisotopic (exact) mass is 336 g/mol. The van der Waals surface area contributed by atoms with Gasteiger partial charge in [0.25, 0.3) is 0 Å². The van der Waals surface area contributed by atoms with Crippen molar-refractivity contribution in [3.8, 4) is 9.88 Å². The highest BCUT2D eigenvalue weighted by atomic mass is 32.1. The van der Waals surface area contributed by atoms with E-state index in [0.29, 0.717) is 0 Å². The van der Waals surface area contributed by atoms with Gasteiger partial charge in [0.05, 0.1) is 29.0 Å². The highest BCUT2D eigenvalue weighted by Crippen LogP contribution is 2.35. The number of nitrogens with zero attached hydrogens (tertiary/aromatic N) is 1. The van der Waals surface area contributed by atoms with E-state index in [1.165, 1.54) is 11.3 Å². The first kappa shape index (κ1) is 15.2. The van der Waals surface area contributed by atoms with Crippen molar-refractivity contribution >= 4 is 34.6 Å². The van der Waals surface area contributed by atoms with E-state index in [1.54, 1.807) is 11.3 Å². The molecule has 1 saturated carbocycles. The molecule has 1 fully saturated rings. The van der Waals surface area contributed by atoms with Crippen LogP contribution < -0.4 is 5.32 Å². The van der Waals surface area contributed by atoms with Crippen LogP contribution in [0.25, 0.3) is 9.88 Å². The molecule has 0 unspecified atom stereocenters. The number of aromatic nitrogens is 1. The predicted octanol–water partition coefficient (Wildman–Crippen LogP) is 2.93. The molecule has 22 heavy (non-hydrogen) atoms. The van der Waals surface area contributed by atoms with Gasteiger partial charge < -0.3 is 10.4 Å². The van der Waals surface area contributed by atoms with Crippen LogP contribution in [0.3, 0.4) is 0 Å². The maximum absolute atomic E-state index is 12.2. The summed E-state index contributed by atoms with van der Waals surface area (Å²) in [7, 11) is 0. The minimum absolute atomic E-state index is 0.00372. The molecule has 5 nitrogen and oxygen atoms in total. The van der Waals surface area contributed by atoms with E-state index in [-0.39, 0.29) is 18.7 Å². The van der Waals surface area contributed by atoms with Gasteiger partial charge in [-0.1, -0.05) is 6.07 Å². The molecule has 7 heteroatoms. The van der Waals surface area contributed by atoms with E-state index in [1.807, 2.05) is 22.9 Å². The fraction of sp³-hybridized carbons (Fsp3) is 0.400. The predicted molar refractivity (Wildman–Crippen MR) is 86.1 cm³/mol. The second-order valence-electron chi connectivity index (χ2n) is 5.55. The fourth-order valence-electron chi connectivity index (χ4n) is 2.65. The first-order valence-corrected chi connectivity index (χ1v) is 8.83. The van der Waals surface area contributed by atoms with Crippen LogP contribution in [0.1, 0.15) is 31.4 Å². The number of carbonyl (C=O) groups is 2. The van der Waals surface area contributed by atoms with Gasteiger partial charge in [0, 0.05) is 5.38 Å². The Morgan fingerprint density at radius 2 is 2.18 bits per heavy atom. The smallest absolute Gasteiger partial charge is 0.305 e. The fourth-order valence-corrected chi connectivity index (χ4v) is 4.28. The summed E-state index contributed by atoms with van der Waals surface area (Å²) in [6.45, 7) is 0. The molecule has 0 bridgehead atoms. The Morgan fingerprint density at radius 3 is 2.77 bits per heavy atom. The second kappa shape index (κ2) is 6.18. The molecule has 0 saturated heterocycles. The van der Waals surface area contributed by atoms with Gasteiger partial charge in [-0.15, -0.1) is 22.7 Å². The first-order chi connectivity index (χ1) is 10.6. The standard InChI is InChI=1S/C15H16N2O3S2/c18-12(17-15(4-2-5-15)8-13(19)20)7-10-9-22-14(16-10)11-3-1-6-21-11/h1,3,6,9H,2,4-5,7-8H2,(H,17,18)(H,19,20). The molecule has 2 aromatic rings.